The van der Waals surface area contributed by atoms with Crippen molar-refractivity contribution in [2.45, 2.75) is 27.3 Å². The van der Waals surface area contributed by atoms with Crippen LogP contribution in [0.2, 0.25) is 0 Å². The molecule has 1 aliphatic heterocycles. The lowest BCUT2D eigenvalue weighted by Crippen LogP contribution is -2.53. The maximum absolute atomic E-state index is 11.8. The SMILES string of the molecule is CCNC(=O)c1ccc(CN=C(NCC)N2CCN(C(C)=O)CC2)cc1.I. The number of carbonyl (C=O) groups excluding carboxylic acids is 2. The summed E-state index contributed by atoms with van der Waals surface area (Å²) in [5.74, 6) is 0.932. The fraction of sp³-hybridized carbons (Fsp3) is 0.526. The number of hydrogen-bond donors (Lipinski definition) is 2. The summed E-state index contributed by atoms with van der Waals surface area (Å²) in [6.07, 6.45) is 0. The fourth-order valence-electron chi connectivity index (χ4n) is 2.85. The van der Waals surface area contributed by atoms with E-state index in [0.717, 1.165) is 44.2 Å². The first kappa shape index (κ1) is 23.2. The molecule has 150 valence electrons. The molecule has 0 unspecified atom stereocenters. The number of amides is 2. The summed E-state index contributed by atoms with van der Waals surface area (Å²) >= 11 is 0. The van der Waals surface area contributed by atoms with Crippen molar-refractivity contribution in [1.29, 1.82) is 0 Å². The molecule has 0 atom stereocenters. The number of nitrogens with one attached hydrogen (secondary N) is 2. The van der Waals surface area contributed by atoms with Crippen LogP contribution in [0.15, 0.2) is 29.3 Å². The monoisotopic (exact) mass is 487 g/mol. The second-order valence-corrected chi connectivity index (χ2v) is 6.22. The van der Waals surface area contributed by atoms with E-state index >= 15 is 0 Å². The smallest absolute Gasteiger partial charge is 0.251 e. The molecule has 1 fully saturated rings. The van der Waals surface area contributed by atoms with Crippen LogP contribution in [0, 0.1) is 0 Å². The quantitative estimate of drug-likeness (QED) is 0.377. The van der Waals surface area contributed by atoms with Gasteiger partial charge in [0, 0.05) is 51.8 Å². The van der Waals surface area contributed by atoms with Gasteiger partial charge in [-0.15, -0.1) is 24.0 Å². The highest BCUT2D eigenvalue weighted by Gasteiger charge is 2.20. The summed E-state index contributed by atoms with van der Waals surface area (Å²) in [6.45, 7) is 10.5. The highest BCUT2D eigenvalue weighted by atomic mass is 127. The van der Waals surface area contributed by atoms with E-state index in [-0.39, 0.29) is 35.8 Å². The minimum Gasteiger partial charge on any atom is -0.357 e. The Morgan fingerprint density at radius 3 is 2.04 bits per heavy atom. The second kappa shape index (κ2) is 11.8. The molecule has 0 saturated carbocycles. The first-order valence-corrected chi connectivity index (χ1v) is 9.21. The average molecular weight is 487 g/mol. The number of hydrogen-bond acceptors (Lipinski definition) is 3. The molecule has 0 aromatic heterocycles. The van der Waals surface area contributed by atoms with Crippen LogP contribution in [-0.4, -0.2) is 66.8 Å². The Labute approximate surface area is 178 Å². The van der Waals surface area contributed by atoms with Crippen LogP contribution in [0.5, 0.6) is 0 Å². The van der Waals surface area contributed by atoms with E-state index in [0.29, 0.717) is 18.7 Å². The van der Waals surface area contributed by atoms with Gasteiger partial charge in [0.05, 0.1) is 6.54 Å². The van der Waals surface area contributed by atoms with Gasteiger partial charge in [0.25, 0.3) is 5.91 Å². The van der Waals surface area contributed by atoms with Crippen molar-refractivity contribution in [2.24, 2.45) is 4.99 Å². The van der Waals surface area contributed by atoms with Crippen LogP contribution in [-0.2, 0) is 11.3 Å². The zero-order valence-electron chi connectivity index (χ0n) is 16.3. The van der Waals surface area contributed by atoms with Crippen molar-refractivity contribution in [3.8, 4) is 0 Å². The summed E-state index contributed by atoms with van der Waals surface area (Å²) < 4.78 is 0. The number of piperazine rings is 1. The first-order valence-electron chi connectivity index (χ1n) is 9.21. The molecule has 0 bridgehead atoms. The summed E-state index contributed by atoms with van der Waals surface area (Å²) in [7, 11) is 0. The van der Waals surface area contributed by atoms with Gasteiger partial charge in [-0.2, -0.15) is 0 Å². The average Bonchev–Trinajstić information content (AvgIpc) is 2.66. The zero-order chi connectivity index (χ0) is 18.9. The topological polar surface area (TPSA) is 77.0 Å². The summed E-state index contributed by atoms with van der Waals surface area (Å²) in [6, 6.07) is 7.53. The van der Waals surface area contributed by atoms with Crippen molar-refractivity contribution >= 4 is 41.8 Å². The second-order valence-electron chi connectivity index (χ2n) is 6.22. The molecule has 1 aromatic rings. The molecular weight excluding hydrogens is 457 g/mol. The van der Waals surface area contributed by atoms with Gasteiger partial charge in [-0.05, 0) is 31.5 Å². The number of carbonyl (C=O) groups is 2. The van der Waals surface area contributed by atoms with Gasteiger partial charge in [-0.3, -0.25) is 9.59 Å². The van der Waals surface area contributed by atoms with E-state index in [9.17, 15) is 9.59 Å². The van der Waals surface area contributed by atoms with Crippen LogP contribution >= 0.6 is 24.0 Å². The van der Waals surface area contributed by atoms with E-state index in [2.05, 4.69) is 15.5 Å². The van der Waals surface area contributed by atoms with E-state index in [1.807, 2.05) is 43.0 Å². The van der Waals surface area contributed by atoms with Crippen molar-refractivity contribution in [1.82, 2.24) is 20.4 Å². The van der Waals surface area contributed by atoms with Crippen molar-refractivity contribution < 1.29 is 9.59 Å². The third-order valence-electron chi connectivity index (χ3n) is 4.32. The van der Waals surface area contributed by atoms with Crippen molar-refractivity contribution in [3.63, 3.8) is 0 Å². The van der Waals surface area contributed by atoms with Gasteiger partial charge in [0.1, 0.15) is 0 Å². The molecule has 1 aromatic carbocycles. The first-order chi connectivity index (χ1) is 12.5. The van der Waals surface area contributed by atoms with E-state index in [1.54, 1.807) is 6.92 Å². The predicted molar refractivity (Wildman–Crippen MR) is 119 cm³/mol. The molecule has 2 amide bonds. The molecule has 1 aliphatic rings. The summed E-state index contributed by atoms with van der Waals surface area (Å²) in [5.41, 5.74) is 1.71. The molecule has 2 N–H and O–H groups in total. The molecule has 1 heterocycles. The Hall–Kier alpha value is -1.84. The number of nitrogens with zero attached hydrogens (tertiary/aromatic N) is 3. The van der Waals surface area contributed by atoms with Crippen molar-refractivity contribution in [3.05, 3.63) is 35.4 Å². The number of guanidine groups is 1. The maximum Gasteiger partial charge on any atom is 0.251 e. The van der Waals surface area contributed by atoms with Crippen LogP contribution in [0.4, 0.5) is 0 Å². The van der Waals surface area contributed by atoms with Crippen LogP contribution in [0.25, 0.3) is 0 Å². The molecular formula is C19H30IN5O2. The molecule has 0 radical (unpaired) electrons. The third kappa shape index (κ3) is 7.00. The highest BCUT2D eigenvalue weighted by molar-refractivity contribution is 14.0. The minimum absolute atomic E-state index is 0. The minimum atomic E-state index is -0.0563. The van der Waals surface area contributed by atoms with E-state index in [1.165, 1.54) is 0 Å². The molecule has 2 rings (SSSR count). The largest absolute Gasteiger partial charge is 0.357 e. The van der Waals surface area contributed by atoms with Gasteiger partial charge in [-0.25, -0.2) is 4.99 Å². The summed E-state index contributed by atoms with van der Waals surface area (Å²) in [4.78, 5) is 32.0. The van der Waals surface area contributed by atoms with Crippen LogP contribution in [0.1, 0.15) is 36.7 Å². The van der Waals surface area contributed by atoms with Gasteiger partial charge in [-0.1, -0.05) is 12.1 Å². The Kier molecular flexibility index (Phi) is 10.1. The Bertz CT molecular complexity index is 640. The van der Waals surface area contributed by atoms with Gasteiger partial charge >= 0.3 is 0 Å². The number of aliphatic imine (C=N–C) groups is 1. The molecule has 0 spiro atoms. The lowest BCUT2D eigenvalue weighted by molar-refractivity contribution is -0.130. The van der Waals surface area contributed by atoms with Crippen LogP contribution in [0.3, 0.4) is 0 Å². The normalized spacial score (nSPS) is 14.4. The van der Waals surface area contributed by atoms with E-state index in [4.69, 9.17) is 4.99 Å². The number of halogens is 1. The number of rotatable bonds is 5. The standard InChI is InChI=1S/C19H29N5O2.HI/c1-4-20-18(26)17-8-6-16(7-9-17)14-22-19(21-5-2)24-12-10-23(11-13-24)15(3)25;/h6-9H,4-5,10-14H2,1-3H3,(H,20,26)(H,21,22);1H. The van der Waals surface area contributed by atoms with Gasteiger partial charge < -0.3 is 20.4 Å². The lowest BCUT2D eigenvalue weighted by atomic mass is 10.1. The zero-order valence-corrected chi connectivity index (χ0v) is 18.7. The Balaban J connectivity index is 0.00000364. The highest BCUT2D eigenvalue weighted by Crippen LogP contribution is 2.08. The molecule has 0 aliphatic carbocycles. The van der Waals surface area contributed by atoms with Crippen LogP contribution < -0.4 is 10.6 Å². The summed E-state index contributed by atoms with van der Waals surface area (Å²) in [5, 5.41) is 6.11. The molecule has 8 heteroatoms. The van der Waals surface area contributed by atoms with E-state index < -0.39 is 0 Å². The predicted octanol–water partition coefficient (Wildman–Crippen LogP) is 1.68. The molecule has 1 saturated heterocycles. The molecule has 27 heavy (non-hydrogen) atoms. The fourth-order valence-corrected chi connectivity index (χ4v) is 2.85. The van der Waals surface area contributed by atoms with Gasteiger partial charge in [0.2, 0.25) is 5.91 Å². The molecule has 7 nitrogen and oxygen atoms in total. The lowest BCUT2D eigenvalue weighted by Gasteiger charge is -2.36. The van der Waals surface area contributed by atoms with Crippen molar-refractivity contribution in [2.75, 3.05) is 39.3 Å². The third-order valence-corrected chi connectivity index (χ3v) is 4.32. The Morgan fingerprint density at radius 1 is 0.963 bits per heavy atom. The Morgan fingerprint density at radius 2 is 1.52 bits per heavy atom. The van der Waals surface area contributed by atoms with Gasteiger partial charge in [0.15, 0.2) is 5.96 Å². The maximum atomic E-state index is 11.8. The number of benzene rings is 1.